The summed E-state index contributed by atoms with van der Waals surface area (Å²) in [7, 11) is 0. The molecular weight excluding hydrogens is 144 g/mol. The van der Waals surface area contributed by atoms with Gasteiger partial charge in [0.25, 0.3) is 0 Å². The molecule has 0 heteroatoms. The van der Waals surface area contributed by atoms with Crippen LogP contribution in [0.15, 0.2) is 18.2 Å². The fraction of sp³-hybridized carbons (Fsp3) is 0.167. The third-order valence-electron chi connectivity index (χ3n) is 1.87. The van der Waals surface area contributed by atoms with Crippen molar-refractivity contribution < 1.29 is 0 Å². The van der Waals surface area contributed by atoms with Crippen molar-refractivity contribution in [2.45, 2.75) is 13.8 Å². The van der Waals surface area contributed by atoms with Gasteiger partial charge in [-0.2, -0.15) is 0 Å². The maximum absolute atomic E-state index is 5.04. The Morgan fingerprint density at radius 3 is 2.67 bits per heavy atom. The molecule has 0 spiro atoms. The number of hydrogen-bond donors (Lipinski definition) is 0. The van der Waals surface area contributed by atoms with E-state index >= 15 is 0 Å². The predicted molar refractivity (Wildman–Crippen MR) is 51.6 cm³/mol. The molecule has 1 aromatic rings. The summed E-state index contributed by atoms with van der Waals surface area (Å²) in [5.74, 6) is 7.83. The van der Waals surface area contributed by atoms with Gasteiger partial charge in [-0.1, -0.05) is 18.1 Å². The lowest BCUT2D eigenvalue weighted by Gasteiger charge is -2.00. The first-order chi connectivity index (χ1) is 5.75. The highest BCUT2D eigenvalue weighted by Gasteiger charge is 1.95. The van der Waals surface area contributed by atoms with Crippen molar-refractivity contribution in [2.24, 2.45) is 0 Å². The molecule has 0 unspecified atom stereocenters. The standard InChI is InChI=1S/C12H10/c1-4-5-8-12-9-6-7-10(2)11(12)3/h1,6-7,9H,2-3H3. The molecule has 0 nitrogen and oxygen atoms in total. The summed E-state index contributed by atoms with van der Waals surface area (Å²) in [4.78, 5) is 0. The second-order valence-electron chi connectivity index (χ2n) is 2.64. The van der Waals surface area contributed by atoms with Gasteiger partial charge in [0.15, 0.2) is 0 Å². The van der Waals surface area contributed by atoms with Crippen molar-refractivity contribution in [2.75, 3.05) is 0 Å². The molecule has 0 aromatic heterocycles. The van der Waals surface area contributed by atoms with Crippen molar-refractivity contribution >= 4 is 0 Å². The number of terminal acetylenes is 1. The lowest BCUT2D eigenvalue weighted by Crippen LogP contribution is -1.85. The molecule has 0 fully saturated rings. The van der Waals surface area contributed by atoms with E-state index < -0.39 is 0 Å². The topological polar surface area (TPSA) is 0 Å². The highest BCUT2D eigenvalue weighted by molar-refractivity contribution is 5.46. The van der Waals surface area contributed by atoms with Crippen LogP contribution in [0.25, 0.3) is 0 Å². The van der Waals surface area contributed by atoms with Gasteiger partial charge >= 0.3 is 0 Å². The first-order valence-electron chi connectivity index (χ1n) is 3.78. The number of benzene rings is 1. The van der Waals surface area contributed by atoms with Gasteiger partial charge in [0.2, 0.25) is 0 Å². The average molecular weight is 154 g/mol. The van der Waals surface area contributed by atoms with Gasteiger partial charge in [0.1, 0.15) is 0 Å². The van der Waals surface area contributed by atoms with E-state index in [0.29, 0.717) is 0 Å². The zero-order valence-corrected chi connectivity index (χ0v) is 7.31. The molecule has 0 aliphatic heterocycles. The second kappa shape index (κ2) is 3.65. The predicted octanol–water partition coefficient (Wildman–Crippen LogP) is 2.29. The number of aryl methyl sites for hydroxylation is 1. The van der Waals surface area contributed by atoms with Crippen LogP contribution in [0.5, 0.6) is 0 Å². The van der Waals surface area contributed by atoms with Crippen LogP contribution in [0.1, 0.15) is 16.7 Å². The molecule has 0 amide bonds. The van der Waals surface area contributed by atoms with Crippen molar-refractivity contribution in [1.82, 2.24) is 0 Å². The normalized spacial score (nSPS) is 8.08. The minimum atomic E-state index is 1.02. The summed E-state index contributed by atoms with van der Waals surface area (Å²) in [6.45, 7) is 4.12. The largest absolute Gasteiger partial charge is 0.106 e. The van der Waals surface area contributed by atoms with Crippen LogP contribution in [0.2, 0.25) is 0 Å². The van der Waals surface area contributed by atoms with Crippen LogP contribution in [-0.4, -0.2) is 0 Å². The molecule has 0 aliphatic rings. The third kappa shape index (κ3) is 1.68. The molecule has 0 saturated heterocycles. The van der Waals surface area contributed by atoms with E-state index in [9.17, 15) is 0 Å². The summed E-state index contributed by atoms with van der Waals surface area (Å²) in [6.07, 6.45) is 5.04. The van der Waals surface area contributed by atoms with E-state index in [1.165, 1.54) is 11.1 Å². The Hall–Kier alpha value is -1.66. The Morgan fingerprint density at radius 1 is 1.25 bits per heavy atom. The van der Waals surface area contributed by atoms with Gasteiger partial charge in [-0.25, -0.2) is 0 Å². The smallest absolute Gasteiger partial charge is 0.0287 e. The van der Waals surface area contributed by atoms with Gasteiger partial charge in [0.05, 0.1) is 0 Å². The molecule has 0 bridgehead atoms. The van der Waals surface area contributed by atoms with E-state index in [0.717, 1.165) is 5.56 Å². The average Bonchev–Trinajstić information content (AvgIpc) is 2.08. The third-order valence-corrected chi connectivity index (χ3v) is 1.87. The van der Waals surface area contributed by atoms with E-state index in [2.05, 4.69) is 37.7 Å². The Bertz CT molecular complexity index is 381. The number of hydrogen-bond acceptors (Lipinski definition) is 0. The van der Waals surface area contributed by atoms with E-state index in [-0.39, 0.29) is 0 Å². The first-order valence-corrected chi connectivity index (χ1v) is 3.78. The lowest BCUT2D eigenvalue weighted by molar-refractivity contribution is 1.32. The van der Waals surface area contributed by atoms with E-state index in [1.807, 2.05) is 12.1 Å². The van der Waals surface area contributed by atoms with Gasteiger partial charge < -0.3 is 0 Å². The van der Waals surface area contributed by atoms with Crippen molar-refractivity contribution in [3.63, 3.8) is 0 Å². The molecule has 0 heterocycles. The van der Waals surface area contributed by atoms with Gasteiger partial charge in [-0.15, -0.1) is 6.42 Å². The Balaban J connectivity index is 3.19. The summed E-state index contributed by atoms with van der Waals surface area (Å²) >= 11 is 0. The maximum Gasteiger partial charge on any atom is 0.0287 e. The summed E-state index contributed by atoms with van der Waals surface area (Å²) in [6, 6.07) is 6.03. The monoisotopic (exact) mass is 154 g/mol. The summed E-state index contributed by atoms with van der Waals surface area (Å²) in [5.41, 5.74) is 3.48. The van der Waals surface area contributed by atoms with Crippen LogP contribution in [-0.2, 0) is 0 Å². The van der Waals surface area contributed by atoms with Crippen LogP contribution in [0, 0.1) is 38.0 Å². The minimum absolute atomic E-state index is 1.02. The zero-order chi connectivity index (χ0) is 8.97. The van der Waals surface area contributed by atoms with Crippen molar-refractivity contribution in [3.8, 4) is 24.2 Å². The minimum Gasteiger partial charge on any atom is -0.106 e. The van der Waals surface area contributed by atoms with E-state index in [4.69, 9.17) is 6.42 Å². The van der Waals surface area contributed by atoms with Crippen LogP contribution in [0.3, 0.4) is 0 Å². The van der Waals surface area contributed by atoms with Crippen molar-refractivity contribution in [1.29, 1.82) is 0 Å². The Labute approximate surface area is 73.6 Å². The van der Waals surface area contributed by atoms with Gasteiger partial charge in [-0.3, -0.25) is 0 Å². The summed E-state index contributed by atoms with van der Waals surface area (Å²) < 4.78 is 0. The molecule has 12 heavy (non-hydrogen) atoms. The molecule has 0 radical (unpaired) electrons. The fourth-order valence-electron chi connectivity index (χ4n) is 0.990. The Morgan fingerprint density at radius 2 is 2.00 bits per heavy atom. The molecule has 58 valence electrons. The summed E-state index contributed by atoms with van der Waals surface area (Å²) in [5, 5.41) is 0. The first kappa shape index (κ1) is 8.44. The van der Waals surface area contributed by atoms with Crippen molar-refractivity contribution in [3.05, 3.63) is 34.9 Å². The second-order valence-corrected chi connectivity index (χ2v) is 2.64. The molecular formula is C12H10. The quantitative estimate of drug-likeness (QED) is 0.503. The molecule has 0 atom stereocenters. The van der Waals surface area contributed by atoms with Crippen LogP contribution < -0.4 is 0 Å². The van der Waals surface area contributed by atoms with E-state index in [1.54, 1.807) is 0 Å². The molecule has 0 saturated carbocycles. The van der Waals surface area contributed by atoms with Gasteiger partial charge in [-0.05, 0) is 42.9 Å². The van der Waals surface area contributed by atoms with Gasteiger partial charge in [0, 0.05) is 5.56 Å². The van der Waals surface area contributed by atoms with Crippen LogP contribution >= 0.6 is 0 Å². The fourth-order valence-corrected chi connectivity index (χ4v) is 0.990. The highest BCUT2D eigenvalue weighted by atomic mass is 14.0. The molecule has 1 aromatic carbocycles. The molecule has 0 aliphatic carbocycles. The maximum atomic E-state index is 5.04. The highest BCUT2D eigenvalue weighted by Crippen LogP contribution is 2.10. The lowest BCUT2D eigenvalue weighted by atomic mass is 10.0. The Kier molecular flexibility index (Phi) is 2.57. The molecule has 0 N–H and O–H groups in total. The molecule has 1 rings (SSSR count). The SMILES string of the molecule is C#CC#Cc1cccc(C)c1C. The van der Waals surface area contributed by atoms with Crippen LogP contribution in [0.4, 0.5) is 0 Å². The number of rotatable bonds is 0. The zero-order valence-electron chi connectivity index (χ0n) is 7.31.